The molecule has 0 saturated heterocycles. The molecule has 1 heterocycles. The van der Waals surface area contributed by atoms with Gasteiger partial charge in [-0.05, 0) is 53.6 Å². The Kier molecular flexibility index (Phi) is 7.60. The van der Waals surface area contributed by atoms with Crippen LogP contribution in [0.5, 0.6) is 17.2 Å². The van der Waals surface area contributed by atoms with Gasteiger partial charge in [0.15, 0.2) is 5.69 Å². The lowest BCUT2D eigenvalue weighted by Gasteiger charge is -2.13. The van der Waals surface area contributed by atoms with Crippen LogP contribution >= 0.6 is 0 Å². The highest BCUT2D eigenvalue weighted by Gasteiger charge is 2.14. The summed E-state index contributed by atoms with van der Waals surface area (Å²) >= 11 is 0. The quantitative estimate of drug-likeness (QED) is 0.228. The molecule has 3 aromatic carbocycles. The number of aromatic nitrogens is 1. The number of methoxy groups -OCH3 is 1. The summed E-state index contributed by atoms with van der Waals surface area (Å²) in [6.07, 6.45) is 0.0985. The van der Waals surface area contributed by atoms with Crippen LogP contribution in [0.25, 0.3) is 11.1 Å². The van der Waals surface area contributed by atoms with Gasteiger partial charge in [-0.25, -0.2) is 19.4 Å². The first-order valence-electron chi connectivity index (χ1n) is 11.0. The van der Waals surface area contributed by atoms with Crippen molar-refractivity contribution in [1.82, 2.24) is 4.98 Å². The number of nitrogens with two attached hydrogens (primary N) is 1. The molecule has 0 bridgehead atoms. The van der Waals surface area contributed by atoms with E-state index in [2.05, 4.69) is 20.4 Å². The number of primary amides is 1. The highest BCUT2D eigenvalue weighted by Crippen LogP contribution is 2.31. The molecular weight excluding hydrogens is 476 g/mol. The summed E-state index contributed by atoms with van der Waals surface area (Å²) in [5.74, 6) is 0.253. The Balaban J connectivity index is 1.40. The molecule has 0 spiro atoms. The average Bonchev–Trinajstić information content (AvgIpc) is 2.90. The Morgan fingerprint density at radius 2 is 1.57 bits per heavy atom. The number of hydrogen-bond donors (Lipinski definition) is 3. The molecule has 0 fully saturated rings. The van der Waals surface area contributed by atoms with Crippen LogP contribution in [0, 0.1) is 0 Å². The van der Waals surface area contributed by atoms with Gasteiger partial charge in [-0.3, -0.25) is 0 Å². The number of rotatable bonds is 7. The van der Waals surface area contributed by atoms with E-state index in [9.17, 15) is 14.4 Å². The number of urea groups is 1. The number of ether oxygens (including phenoxy) is 3. The molecular formula is C27H22N4O6. The summed E-state index contributed by atoms with van der Waals surface area (Å²) in [6, 6.07) is 24.3. The Morgan fingerprint density at radius 1 is 0.811 bits per heavy atom. The third kappa shape index (κ3) is 6.61. The molecule has 10 heteroatoms. The zero-order valence-corrected chi connectivity index (χ0v) is 19.6. The van der Waals surface area contributed by atoms with Gasteiger partial charge in [-0.2, -0.15) is 0 Å². The lowest BCUT2D eigenvalue weighted by Crippen LogP contribution is -2.19. The summed E-state index contributed by atoms with van der Waals surface area (Å²) in [5, 5.41) is 5.57. The molecule has 3 amide bonds. The van der Waals surface area contributed by atoms with Crippen molar-refractivity contribution in [2.45, 2.75) is 0 Å². The minimum absolute atomic E-state index is 0.141. The maximum Gasteiger partial charge on any atom is 0.412 e. The topological polar surface area (TPSA) is 142 Å². The van der Waals surface area contributed by atoms with E-state index in [-0.39, 0.29) is 11.4 Å². The summed E-state index contributed by atoms with van der Waals surface area (Å²) in [4.78, 5) is 39.0. The van der Waals surface area contributed by atoms with E-state index in [1.165, 1.54) is 25.4 Å². The van der Waals surface area contributed by atoms with E-state index in [1.54, 1.807) is 30.3 Å². The van der Waals surface area contributed by atoms with Crippen molar-refractivity contribution in [3.63, 3.8) is 0 Å². The van der Waals surface area contributed by atoms with Crippen LogP contribution in [-0.4, -0.2) is 30.2 Å². The van der Waals surface area contributed by atoms with Crippen molar-refractivity contribution in [3.05, 3.63) is 96.8 Å². The van der Waals surface area contributed by atoms with E-state index >= 15 is 0 Å². The van der Waals surface area contributed by atoms with Crippen molar-refractivity contribution in [2.75, 3.05) is 17.7 Å². The molecule has 0 atom stereocenters. The second-order valence-corrected chi connectivity index (χ2v) is 7.57. The molecule has 0 unspecified atom stereocenters. The number of carbonyl (C=O) groups excluding carboxylic acids is 3. The Labute approximate surface area is 212 Å². The molecule has 186 valence electrons. The summed E-state index contributed by atoms with van der Waals surface area (Å²) < 4.78 is 15.4. The number of anilines is 2. The Bertz CT molecular complexity index is 1420. The van der Waals surface area contributed by atoms with Gasteiger partial charge in [0.05, 0.1) is 12.8 Å². The van der Waals surface area contributed by atoms with Crippen LogP contribution in [0.15, 0.2) is 91.1 Å². The third-order valence-corrected chi connectivity index (χ3v) is 5.04. The number of carbonyl (C=O) groups is 3. The summed E-state index contributed by atoms with van der Waals surface area (Å²) in [5.41, 5.74) is 7.68. The van der Waals surface area contributed by atoms with Crippen LogP contribution < -0.4 is 25.8 Å². The van der Waals surface area contributed by atoms with Crippen LogP contribution in [-0.2, 0) is 4.74 Å². The third-order valence-electron chi connectivity index (χ3n) is 5.04. The second kappa shape index (κ2) is 11.4. The zero-order chi connectivity index (χ0) is 26.2. The van der Waals surface area contributed by atoms with Crippen LogP contribution in [0.2, 0.25) is 0 Å². The van der Waals surface area contributed by atoms with Crippen molar-refractivity contribution >= 4 is 29.5 Å². The van der Waals surface area contributed by atoms with Crippen molar-refractivity contribution in [1.29, 1.82) is 0 Å². The minimum atomic E-state index is -1.23. The molecule has 10 nitrogen and oxygen atoms in total. The average molecular weight is 498 g/mol. The van der Waals surface area contributed by atoms with Gasteiger partial charge < -0.3 is 30.6 Å². The molecule has 1 aromatic heterocycles. The number of pyridine rings is 1. The Hall–Kier alpha value is -5.38. The number of nitrogens with zero attached hydrogens (tertiary/aromatic N) is 1. The van der Waals surface area contributed by atoms with E-state index in [0.717, 1.165) is 11.1 Å². The highest BCUT2D eigenvalue weighted by atomic mass is 16.6. The van der Waals surface area contributed by atoms with Gasteiger partial charge in [-0.1, -0.05) is 36.4 Å². The predicted molar refractivity (Wildman–Crippen MR) is 137 cm³/mol. The van der Waals surface area contributed by atoms with Crippen molar-refractivity contribution < 1.29 is 28.6 Å². The normalized spacial score (nSPS) is 10.2. The monoisotopic (exact) mass is 498 g/mol. The fraction of sp³-hybridized carbons (Fsp3) is 0.0370. The molecule has 0 aliphatic rings. The van der Waals surface area contributed by atoms with Crippen LogP contribution in [0.1, 0.15) is 10.5 Å². The molecule has 4 N–H and O–H groups in total. The molecule has 0 radical (unpaired) electrons. The lowest BCUT2D eigenvalue weighted by atomic mass is 10.0. The van der Waals surface area contributed by atoms with E-state index in [4.69, 9.17) is 15.2 Å². The number of nitrogens with one attached hydrogen (secondary N) is 2. The van der Waals surface area contributed by atoms with Crippen LogP contribution in [0.3, 0.4) is 0 Å². The van der Waals surface area contributed by atoms with E-state index in [1.807, 2.05) is 42.5 Å². The maximum absolute atomic E-state index is 12.7. The predicted octanol–water partition coefficient (Wildman–Crippen LogP) is 5.43. The van der Waals surface area contributed by atoms with Gasteiger partial charge in [0.25, 0.3) is 0 Å². The molecule has 0 saturated carbocycles. The smallest absolute Gasteiger partial charge is 0.412 e. The first-order valence-corrected chi connectivity index (χ1v) is 11.0. The first kappa shape index (κ1) is 24.7. The number of benzene rings is 3. The zero-order valence-electron chi connectivity index (χ0n) is 19.6. The van der Waals surface area contributed by atoms with Gasteiger partial charge >= 0.3 is 18.1 Å². The lowest BCUT2D eigenvalue weighted by molar-refractivity contribution is 0.0631. The van der Waals surface area contributed by atoms with E-state index < -0.39 is 18.1 Å². The molecule has 4 rings (SSSR count). The van der Waals surface area contributed by atoms with E-state index in [0.29, 0.717) is 22.9 Å². The molecule has 37 heavy (non-hydrogen) atoms. The van der Waals surface area contributed by atoms with Gasteiger partial charge in [0.2, 0.25) is 0 Å². The summed E-state index contributed by atoms with van der Waals surface area (Å²) in [6.45, 7) is 0. The largest absolute Gasteiger partial charge is 0.495 e. The van der Waals surface area contributed by atoms with Gasteiger partial charge in [-0.15, -0.1) is 0 Å². The number of hydrogen-bond acceptors (Lipinski definition) is 7. The van der Waals surface area contributed by atoms with Crippen molar-refractivity contribution in [2.24, 2.45) is 5.73 Å². The fourth-order valence-electron chi connectivity index (χ4n) is 3.37. The first-order chi connectivity index (χ1) is 17.9. The maximum atomic E-state index is 12.7. The van der Waals surface area contributed by atoms with Crippen LogP contribution in [0.4, 0.5) is 21.0 Å². The molecule has 0 aliphatic heterocycles. The minimum Gasteiger partial charge on any atom is -0.495 e. The fourth-order valence-corrected chi connectivity index (χ4v) is 3.37. The standard InChI is InChI=1S/C27H22N4O6/c1-35-24-12-7-18(17-5-3-2-4-6-17)15-22(24)31-27(34)30-19-8-10-20(11-9-19)36-21-13-14-29-23(16-21)25(32)37-26(28)33/h2-16H,1H3,(H2,28,33)(H2,30,31,34). The van der Waals surface area contributed by atoms with Gasteiger partial charge in [0, 0.05) is 18.0 Å². The SMILES string of the molecule is COc1ccc(-c2ccccc2)cc1NC(=O)Nc1ccc(Oc2ccnc(C(=O)OC(N)=O)c2)cc1. The number of amides is 3. The Morgan fingerprint density at radius 3 is 2.27 bits per heavy atom. The second-order valence-electron chi connectivity index (χ2n) is 7.57. The number of esters is 1. The molecule has 4 aromatic rings. The molecule has 0 aliphatic carbocycles. The van der Waals surface area contributed by atoms with Crippen molar-refractivity contribution in [3.8, 4) is 28.4 Å². The highest BCUT2D eigenvalue weighted by molar-refractivity contribution is 6.01. The van der Waals surface area contributed by atoms with Gasteiger partial charge in [0.1, 0.15) is 17.2 Å². The summed E-state index contributed by atoms with van der Waals surface area (Å²) in [7, 11) is 1.53.